The molecule has 159 valence electrons. The zero-order chi connectivity index (χ0) is 22.4. The van der Waals surface area contributed by atoms with Gasteiger partial charge in [0.05, 0.1) is 0 Å². The van der Waals surface area contributed by atoms with E-state index in [2.05, 4.69) is 36.4 Å². The van der Waals surface area contributed by atoms with Crippen molar-refractivity contribution in [3.05, 3.63) is 148 Å². The molecule has 33 heavy (non-hydrogen) atoms. The topological polar surface area (TPSA) is 34.1 Å². The summed E-state index contributed by atoms with van der Waals surface area (Å²) in [7, 11) is 0. The van der Waals surface area contributed by atoms with Gasteiger partial charge in [0.15, 0.2) is 11.6 Å². The Kier molecular flexibility index (Phi) is 4.80. The lowest BCUT2D eigenvalue weighted by molar-refractivity contribution is -0.111. The first-order valence-corrected chi connectivity index (χ1v) is 11.5. The van der Waals surface area contributed by atoms with Crippen LogP contribution < -0.4 is 0 Å². The van der Waals surface area contributed by atoms with Gasteiger partial charge in [0.2, 0.25) is 0 Å². The second-order valence-electron chi connectivity index (χ2n) is 8.98. The van der Waals surface area contributed by atoms with Crippen LogP contribution in [-0.4, -0.2) is 11.6 Å². The highest BCUT2D eigenvalue weighted by Gasteiger charge is 2.31. The molecule has 5 aliphatic carbocycles. The third-order valence-electron chi connectivity index (χ3n) is 6.94. The van der Waals surface area contributed by atoms with Crippen LogP contribution in [0.5, 0.6) is 0 Å². The van der Waals surface area contributed by atoms with Crippen LogP contribution in [0.15, 0.2) is 130 Å². The zero-order valence-corrected chi connectivity index (χ0v) is 18.3. The average molecular weight is 428 g/mol. The molecule has 0 fully saturated rings. The number of ketones is 2. The smallest absolute Gasteiger partial charge is 0.193 e. The van der Waals surface area contributed by atoms with Crippen LogP contribution in [0.4, 0.5) is 0 Å². The van der Waals surface area contributed by atoms with E-state index in [0.29, 0.717) is 5.92 Å². The summed E-state index contributed by atoms with van der Waals surface area (Å²) in [6, 6.07) is 8.02. The first-order chi connectivity index (χ1) is 16.2. The molecule has 0 heterocycles. The van der Waals surface area contributed by atoms with Gasteiger partial charge in [0.1, 0.15) is 0 Å². The SMILES string of the molecule is O=C(C1=CC=C1)/C(=C/C1=CC=C(CCc2ccc(C(=O)C3=CC=C3)cc2)C2CC=C12)C1=C[CH]1. The molecular formula is C31H23O2. The van der Waals surface area contributed by atoms with Gasteiger partial charge in [-0.15, -0.1) is 0 Å². The van der Waals surface area contributed by atoms with E-state index in [1.807, 2.05) is 61.1 Å². The van der Waals surface area contributed by atoms with Crippen LogP contribution in [0.3, 0.4) is 0 Å². The molecule has 0 bridgehead atoms. The highest BCUT2D eigenvalue weighted by Crippen LogP contribution is 2.44. The minimum absolute atomic E-state index is 0.0936. The Morgan fingerprint density at radius 3 is 2.15 bits per heavy atom. The first kappa shape index (κ1) is 19.9. The summed E-state index contributed by atoms with van der Waals surface area (Å²) in [6.07, 6.45) is 27.1. The summed E-state index contributed by atoms with van der Waals surface area (Å²) < 4.78 is 0. The Morgan fingerprint density at radius 1 is 0.848 bits per heavy atom. The quantitative estimate of drug-likeness (QED) is 0.345. The molecule has 1 aromatic rings. The van der Waals surface area contributed by atoms with Crippen LogP contribution >= 0.6 is 0 Å². The van der Waals surface area contributed by atoms with E-state index in [-0.39, 0.29) is 11.6 Å². The molecule has 6 rings (SSSR count). The lowest BCUT2D eigenvalue weighted by Crippen LogP contribution is -2.20. The number of allylic oxidation sites excluding steroid dienone is 18. The summed E-state index contributed by atoms with van der Waals surface area (Å²) in [5, 5.41) is 0. The third-order valence-corrected chi connectivity index (χ3v) is 6.94. The zero-order valence-electron chi connectivity index (χ0n) is 18.3. The predicted molar refractivity (Wildman–Crippen MR) is 131 cm³/mol. The molecular weight excluding hydrogens is 404 g/mol. The van der Waals surface area contributed by atoms with Gasteiger partial charge in [-0.2, -0.15) is 0 Å². The van der Waals surface area contributed by atoms with Crippen molar-refractivity contribution in [2.45, 2.75) is 19.3 Å². The fourth-order valence-corrected chi connectivity index (χ4v) is 4.60. The van der Waals surface area contributed by atoms with Crippen molar-refractivity contribution in [1.29, 1.82) is 0 Å². The van der Waals surface area contributed by atoms with E-state index >= 15 is 0 Å². The Balaban J connectivity index is 1.15. The molecule has 1 atom stereocenters. The van der Waals surface area contributed by atoms with Crippen molar-refractivity contribution in [3.8, 4) is 0 Å². The van der Waals surface area contributed by atoms with Crippen LogP contribution in [0.25, 0.3) is 0 Å². The summed E-state index contributed by atoms with van der Waals surface area (Å²) in [5.74, 6) is 0.656. The molecule has 1 unspecified atom stereocenters. The molecule has 0 saturated heterocycles. The van der Waals surface area contributed by atoms with Gasteiger partial charge in [0, 0.05) is 34.6 Å². The second-order valence-corrected chi connectivity index (χ2v) is 8.98. The van der Waals surface area contributed by atoms with Gasteiger partial charge in [-0.05, 0) is 47.6 Å². The molecule has 0 aliphatic heterocycles. The van der Waals surface area contributed by atoms with Gasteiger partial charge in [-0.25, -0.2) is 0 Å². The van der Waals surface area contributed by atoms with Gasteiger partial charge in [-0.3, -0.25) is 9.59 Å². The Hall–Kier alpha value is -3.78. The molecule has 0 N–H and O–H groups in total. The van der Waals surface area contributed by atoms with E-state index in [9.17, 15) is 9.59 Å². The molecule has 0 amide bonds. The lowest BCUT2D eigenvalue weighted by atomic mass is 9.71. The first-order valence-electron chi connectivity index (χ1n) is 11.5. The number of fused-ring (bicyclic) bond motifs is 1. The molecule has 1 radical (unpaired) electrons. The molecule has 1 aromatic carbocycles. The maximum atomic E-state index is 12.8. The Morgan fingerprint density at radius 2 is 1.58 bits per heavy atom. The summed E-state index contributed by atoms with van der Waals surface area (Å²) in [6.45, 7) is 0. The fraction of sp³-hybridized carbons (Fsp3) is 0.129. The number of rotatable bonds is 9. The second kappa shape index (κ2) is 7.97. The minimum Gasteiger partial charge on any atom is -0.289 e. The normalized spacial score (nSPS) is 21.7. The summed E-state index contributed by atoms with van der Waals surface area (Å²) in [5.41, 5.74) is 9.34. The summed E-state index contributed by atoms with van der Waals surface area (Å²) >= 11 is 0. The van der Waals surface area contributed by atoms with Gasteiger partial charge in [0.25, 0.3) is 0 Å². The van der Waals surface area contributed by atoms with Crippen LogP contribution in [0, 0.1) is 12.3 Å². The molecule has 0 saturated carbocycles. The van der Waals surface area contributed by atoms with E-state index in [1.165, 1.54) is 16.7 Å². The number of Topliss-reactive ketones (excluding diaryl/α,β-unsaturated/α-hetero) is 2. The van der Waals surface area contributed by atoms with Crippen molar-refractivity contribution in [3.63, 3.8) is 0 Å². The lowest BCUT2D eigenvalue weighted by Gasteiger charge is -2.34. The fourth-order valence-electron chi connectivity index (χ4n) is 4.60. The number of hydrogen-bond acceptors (Lipinski definition) is 2. The third kappa shape index (κ3) is 3.72. The van der Waals surface area contributed by atoms with E-state index < -0.39 is 0 Å². The maximum absolute atomic E-state index is 12.8. The Labute approximate surface area is 194 Å². The average Bonchev–Trinajstić information content (AvgIpc) is 3.54. The van der Waals surface area contributed by atoms with Crippen LogP contribution in [0.1, 0.15) is 28.8 Å². The summed E-state index contributed by atoms with van der Waals surface area (Å²) in [4.78, 5) is 25.1. The minimum atomic E-state index is 0.0936. The van der Waals surface area contributed by atoms with Crippen LogP contribution in [-0.2, 0) is 11.2 Å². The van der Waals surface area contributed by atoms with Crippen molar-refractivity contribution in [2.75, 3.05) is 0 Å². The van der Waals surface area contributed by atoms with Gasteiger partial charge < -0.3 is 0 Å². The molecule has 0 spiro atoms. The van der Waals surface area contributed by atoms with Crippen molar-refractivity contribution in [2.24, 2.45) is 5.92 Å². The standard InChI is InChI=1S/C31H23O2/c32-30(23-3-1-4-23)25-11-8-20(9-12-25)7-10-21-15-16-26(28-18-17-27(21)28)19-29(22-13-14-22)31(33)24-5-2-6-24/h1-6,8-9,11-16,18-19,27H,7,10,17H2/b29-19+. The van der Waals surface area contributed by atoms with Crippen LogP contribution in [0.2, 0.25) is 0 Å². The number of benzene rings is 1. The van der Waals surface area contributed by atoms with Crippen molar-refractivity contribution >= 4 is 11.6 Å². The van der Waals surface area contributed by atoms with Crippen molar-refractivity contribution in [1.82, 2.24) is 0 Å². The van der Waals surface area contributed by atoms with Gasteiger partial charge in [-0.1, -0.05) is 90.6 Å². The highest BCUT2D eigenvalue weighted by atomic mass is 16.1. The number of carbonyl (C=O) groups excluding carboxylic acids is 2. The monoisotopic (exact) mass is 427 g/mol. The highest BCUT2D eigenvalue weighted by molar-refractivity contribution is 6.15. The van der Waals surface area contributed by atoms with Crippen molar-refractivity contribution < 1.29 is 9.59 Å². The van der Waals surface area contributed by atoms with E-state index in [4.69, 9.17) is 0 Å². The molecule has 0 aromatic heterocycles. The van der Waals surface area contributed by atoms with E-state index in [0.717, 1.165) is 52.7 Å². The number of hydrogen-bond donors (Lipinski definition) is 0. The predicted octanol–water partition coefficient (Wildman–Crippen LogP) is 6.25. The maximum Gasteiger partial charge on any atom is 0.193 e. The number of carbonyl (C=O) groups is 2. The molecule has 2 heteroatoms. The molecule has 5 aliphatic rings. The Bertz CT molecular complexity index is 1360. The molecule has 2 nitrogen and oxygen atoms in total. The van der Waals surface area contributed by atoms with Gasteiger partial charge >= 0.3 is 0 Å². The van der Waals surface area contributed by atoms with E-state index in [1.54, 1.807) is 0 Å². The largest absolute Gasteiger partial charge is 0.289 e. The number of aryl methyl sites for hydroxylation is 1.